The minimum Gasteiger partial charge on any atom is -0.497 e. The van der Waals surface area contributed by atoms with Gasteiger partial charge in [-0.15, -0.1) is 0 Å². The molecule has 0 fully saturated rings. The van der Waals surface area contributed by atoms with Crippen molar-refractivity contribution in [2.24, 2.45) is 5.73 Å². The van der Waals surface area contributed by atoms with Crippen molar-refractivity contribution < 1.29 is 19.1 Å². The quantitative estimate of drug-likeness (QED) is 0.311. The maximum Gasteiger partial charge on any atom is 0.273 e. The topological polar surface area (TPSA) is 141 Å². The number of carbonyl (C=O) groups is 3. The highest BCUT2D eigenvalue weighted by Gasteiger charge is 2.36. The first-order valence-corrected chi connectivity index (χ1v) is 12.1. The largest absolute Gasteiger partial charge is 0.497 e. The van der Waals surface area contributed by atoms with Crippen LogP contribution in [0.25, 0.3) is 0 Å². The van der Waals surface area contributed by atoms with Crippen LogP contribution >= 0.6 is 11.5 Å². The van der Waals surface area contributed by atoms with Crippen LogP contribution in [0, 0.1) is 0 Å². The molecule has 10 heteroatoms. The van der Waals surface area contributed by atoms with Gasteiger partial charge in [-0.05, 0) is 46.9 Å². The van der Waals surface area contributed by atoms with Crippen molar-refractivity contribution in [2.45, 2.75) is 12.6 Å². The highest BCUT2D eigenvalue weighted by molar-refractivity contribution is 7.09. The first-order chi connectivity index (χ1) is 17.9. The molecule has 0 aliphatic heterocycles. The number of primary amides is 1. The second-order valence-corrected chi connectivity index (χ2v) is 8.80. The summed E-state index contributed by atoms with van der Waals surface area (Å²) in [6.07, 6.45) is 0. The molecule has 1 aromatic heterocycles. The van der Waals surface area contributed by atoms with Gasteiger partial charge < -0.3 is 21.5 Å². The Bertz CT molecular complexity index is 1390. The second-order valence-electron chi connectivity index (χ2n) is 8.03. The highest BCUT2D eigenvalue weighted by Crippen LogP contribution is 2.33. The summed E-state index contributed by atoms with van der Waals surface area (Å²) in [5.74, 6) is -1.25. The average Bonchev–Trinajstić information content (AvgIpc) is 3.32. The van der Waals surface area contributed by atoms with E-state index in [0.717, 1.165) is 17.1 Å². The van der Waals surface area contributed by atoms with Crippen molar-refractivity contribution in [3.05, 3.63) is 107 Å². The van der Waals surface area contributed by atoms with E-state index in [0.29, 0.717) is 17.0 Å². The summed E-state index contributed by atoms with van der Waals surface area (Å²) in [5, 5.41) is 2.94. The van der Waals surface area contributed by atoms with E-state index in [1.54, 1.807) is 61.7 Å². The van der Waals surface area contributed by atoms with Crippen LogP contribution in [0.1, 0.15) is 37.3 Å². The van der Waals surface area contributed by atoms with Gasteiger partial charge in [0.1, 0.15) is 16.7 Å². The molecule has 0 saturated carbocycles. The Hall–Kier alpha value is -4.70. The number of nitrogens with zero attached hydrogens (tertiary/aromatic N) is 2. The Balaban J connectivity index is 1.80. The van der Waals surface area contributed by atoms with Crippen molar-refractivity contribution in [3.63, 3.8) is 0 Å². The van der Waals surface area contributed by atoms with Crippen molar-refractivity contribution in [3.8, 4) is 5.75 Å². The van der Waals surface area contributed by atoms with Gasteiger partial charge in [0.05, 0.1) is 12.8 Å². The van der Waals surface area contributed by atoms with E-state index in [4.69, 9.17) is 16.2 Å². The molecule has 0 spiro atoms. The summed E-state index contributed by atoms with van der Waals surface area (Å²) in [6.45, 7) is 0.262. The molecule has 4 rings (SSSR count). The van der Waals surface area contributed by atoms with Crippen LogP contribution in [0.5, 0.6) is 5.75 Å². The van der Waals surface area contributed by atoms with E-state index in [-0.39, 0.29) is 22.8 Å². The Kier molecular flexibility index (Phi) is 7.80. The molecule has 3 amide bonds. The highest BCUT2D eigenvalue weighted by atomic mass is 32.1. The van der Waals surface area contributed by atoms with E-state index < -0.39 is 23.8 Å². The van der Waals surface area contributed by atoms with Crippen LogP contribution in [-0.4, -0.2) is 29.2 Å². The van der Waals surface area contributed by atoms with E-state index in [2.05, 4.69) is 9.69 Å². The van der Waals surface area contributed by atoms with Gasteiger partial charge in [-0.1, -0.05) is 60.7 Å². The Morgan fingerprint density at radius 2 is 1.59 bits per heavy atom. The van der Waals surface area contributed by atoms with Gasteiger partial charge in [-0.2, -0.15) is 4.37 Å². The molecule has 0 bridgehead atoms. The van der Waals surface area contributed by atoms with Gasteiger partial charge in [0.25, 0.3) is 11.8 Å². The number of nitrogens with one attached hydrogen (secondary N) is 1. The minimum absolute atomic E-state index is 0.00650. The fourth-order valence-corrected chi connectivity index (χ4v) is 4.54. The lowest BCUT2D eigenvalue weighted by molar-refractivity contribution is -0.122. The van der Waals surface area contributed by atoms with Crippen LogP contribution in [0.2, 0.25) is 0 Å². The maximum absolute atomic E-state index is 14.0. The average molecular weight is 516 g/mol. The van der Waals surface area contributed by atoms with E-state index in [1.807, 2.05) is 30.3 Å². The lowest BCUT2D eigenvalue weighted by Crippen LogP contribution is -2.44. The molecule has 3 aromatic carbocycles. The third-order valence-corrected chi connectivity index (χ3v) is 6.51. The van der Waals surface area contributed by atoms with Crippen molar-refractivity contribution in [2.75, 3.05) is 17.7 Å². The number of aromatic nitrogens is 1. The zero-order chi connectivity index (χ0) is 26.4. The number of carbonyl (C=O) groups excluding carboxylic acids is 3. The minimum atomic E-state index is -1.08. The molecule has 9 nitrogen and oxygen atoms in total. The SMILES string of the molecule is COc1ccc(C(C(=O)NCc2ccccc2)N(C(=O)c2snc(C(N)=O)c2N)c2ccccc2)cc1. The third-order valence-electron chi connectivity index (χ3n) is 5.66. The first kappa shape index (κ1) is 25.4. The fourth-order valence-electron chi connectivity index (χ4n) is 3.80. The number of methoxy groups -OCH3 is 1. The molecule has 0 radical (unpaired) electrons. The predicted molar refractivity (Wildman–Crippen MR) is 142 cm³/mol. The molecule has 1 unspecified atom stereocenters. The molecule has 0 aliphatic rings. The number of hydrogen-bond acceptors (Lipinski definition) is 7. The van der Waals surface area contributed by atoms with Crippen molar-refractivity contribution in [1.82, 2.24) is 9.69 Å². The van der Waals surface area contributed by atoms with Crippen LogP contribution in [0.15, 0.2) is 84.9 Å². The number of amides is 3. The zero-order valence-corrected chi connectivity index (χ0v) is 20.8. The van der Waals surface area contributed by atoms with Crippen LogP contribution < -0.4 is 26.4 Å². The number of para-hydroxylation sites is 1. The molecule has 1 heterocycles. The zero-order valence-electron chi connectivity index (χ0n) is 20.0. The van der Waals surface area contributed by atoms with Crippen molar-refractivity contribution in [1.29, 1.82) is 0 Å². The smallest absolute Gasteiger partial charge is 0.273 e. The van der Waals surface area contributed by atoms with Gasteiger partial charge in [-0.3, -0.25) is 19.3 Å². The fraction of sp³-hybridized carbons (Fsp3) is 0.111. The van der Waals surface area contributed by atoms with Gasteiger partial charge in [0, 0.05) is 12.2 Å². The Morgan fingerprint density at radius 1 is 0.973 bits per heavy atom. The monoisotopic (exact) mass is 515 g/mol. The van der Waals surface area contributed by atoms with E-state index in [9.17, 15) is 14.4 Å². The van der Waals surface area contributed by atoms with Crippen LogP contribution in [0.3, 0.4) is 0 Å². The van der Waals surface area contributed by atoms with E-state index in [1.165, 1.54) is 4.90 Å². The third kappa shape index (κ3) is 5.60. The van der Waals surface area contributed by atoms with Crippen LogP contribution in [-0.2, 0) is 11.3 Å². The summed E-state index contributed by atoms with van der Waals surface area (Å²) in [6, 6.07) is 24.0. The normalized spacial score (nSPS) is 11.4. The lowest BCUT2D eigenvalue weighted by atomic mass is 10.0. The molecule has 1 atom stereocenters. The van der Waals surface area contributed by atoms with Crippen molar-refractivity contribution >= 4 is 40.6 Å². The second kappa shape index (κ2) is 11.4. The summed E-state index contributed by atoms with van der Waals surface area (Å²) in [7, 11) is 1.54. The Morgan fingerprint density at radius 3 is 2.16 bits per heavy atom. The van der Waals surface area contributed by atoms with Gasteiger partial charge >= 0.3 is 0 Å². The van der Waals surface area contributed by atoms with Gasteiger partial charge in [-0.25, -0.2) is 0 Å². The lowest BCUT2D eigenvalue weighted by Gasteiger charge is -2.31. The number of ether oxygens (including phenoxy) is 1. The molecular formula is C27H25N5O4S. The molecule has 0 aliphatic carbocycles. The number of rotatable bonds is 9. The first-order valence-electron chi connectivity index (χ1n) is 11.3. The molecule has 188 valence electrons. The predicted octanol–water partition coefficient (Wildman–Crippen LogP) is 3.54. The van der Waals surface area contributed by atoms with Gasteiger partial charge in [0.15, 0.2) is 5.69 Å². The number of benzene rings is 3. The molecular weight excluding hydrogens is 490 g/mol. The molecule has 0 saturated heterocycles. The number of nitrogen functional groups attached to an aromatic ring is 1. The molecule has 4 aromatic rings. The van der Waals surface area contributed by atoms with Crippen LogP contribution in [0.4, 0.5) is 11.4 Å². The Labute approximate surface area is 217 Å². The number of nitrogens with two attached hydrogens (primary N) is 2. The number of hydrogen-bond donors (Lipinski definition) is 3. The molecule has 37 heavy (non-hydrogen) atoms. The maximum atomic E-state index is 14.0. The summed E-state index contributed by atoms with van der Waals surface area (Å²) in [5.41, 5.74) is 13.0. The van der Waals surface area contributed by atoms with E-state index >= 15 is 0 Å². The molecule has 5 N–H and O–H groups in total. The van der Waals surface area contributed by atoms with Gasteiger partial charge in [0.2, 0.25) is 5.91 Å². The standard InChI is InChI=1S/C27H25N5O4S/c1-36-20-14-12-18(13-15-20)23(26(34)30-16-17-8-4-2-5-9-17)32(19-10-6-3-7-11-19)27(35)24-21(28)22(25(29)33)31-37-24/h2-15,23H,16,28H2,1H3,(H2,29,33)(H,30,34). The summed E-state index contributed by atoms with van der Waals surface area (Å²) >= 11 is 0.757. The summed E-state index contributed by atoms with van der Waals surface area (Å²) < 4.78 is 9.24. The number of anilines is 2. The summed E-state index contributed by atoms with van der Waals surface area (Å²) in [4.78, 5) is 40.8.